The molecule has 1 heterocycles. The molecule has 5 rings (SSSR count). The van der Waals surface area contributed by atoms with Gasteiger partial charge in [0.2, 0.25) is 0 Å². The Bertz CT molecular complexity index is 1560. The minimum atomic E-state index is -0.660. The van der Waals surface area contributed by atoms with E-state index in [-0.39, 0.29) is 5.91 Å². The lowest BCUT2D eigenvalue weighted by molar-refractivity contribution is 0.0635. The zero-order valence-corrected chi connectivity index (χ0v) is 23.9. The van der Waals surface area contributed by atoms with Gasteiger partial charge in [-0.2, -0.15) is 0 Å². The van der Waals surface area contributed by atoms with Gasteiger partial charge in [0.15, 0.2) is 0 Å². The molecule has 0 bridgehead atoms. The molecule has 8 heteroatoms. The Kier molecular flexibility index (Phi) is 8.21. The van der Waals surface area contributed by atoms with Crippen molar-refractivity contribution in [1.29, 1.82) is 0 Å². The fourth-order valence-corrected chi connectivity index (χ4v) is 4.75. The van der Waals surface area contributed by atoms with Crippen molar-refractivity contribution in [2.75, 3.05) is 36.2 Å². The number of amides is 2. The van der Waals surface area contributed by atoms with Gasteiger partial charge in [0, 0.05) is 36.5 Å². The predicted molar refractivity (Wildman–Crippen MR) is 164 cm³/mol. The lowest BCUT2D eigenvalue weighted by Crippen LogP contribution is -2.27. The molecule has 1 fully saturated rings. The summed E-state index contributed by atoms with van der Waals surface area (Å²) in [4.78, 5) is 30.8. The average Bonchev–Trinajstić information content (AvgIpc) is 3.78. The van der Waals surface area contributed by atoms with Crippen molar-refractivity contribution in [2.24, 2.45) is 0 Å². The minimum absolute atomic E-state index is 0.327. The fourth-order valence-electron chi connectivity index (χ4n) is 4.75. The van der Waals surface area contributed by atoms with Crippen LogP contribution in [0.15, 0.2) is 72.9 Å². The number of methoxy groups -OCH3 is 1. The summed E-state index contributed by atoms with van der Waals surface area (Å²) in [5.74, 6) is 0.144. The second-order valence-electron chi connectivity index (χ2n) is 11.2. The van der Waals surface area contributed by atoms with Crippen molar-refractivity contribution in [3.05, 3.63) is 84.1 Å². The number of carbonyl (C=O) groups excluding carboxylic acids is 2. The van der Waals surface area contributed by atoms with Gasteiger partial charge in [0.25, 0.3) is 5.91 Å². The quantitative estimate of drug-likeness (QED) is 0.187. The van der Waals surface area contributed by atoms with Crippen molar-refractivity contribution < 1.29 is 19.1 Å². The molecule has 0 atom stereocenters. The summed E-state index contributed by atoms with van der Waals surface area (Å²) in [5.41, 5.74) is 5.71. The van der Waals surface area contributed by atoms with Gasteiger partial charge < -0.3 is 20.1 Å². The molecule has 0 unspecified atom stereocenters. The van der Waals surface area contributed by atoms with Crippen LogP contribution in [0, 0.1) is 0 Å². The summed E-state index contributed by atoms with van der Waals surface area (Å²) in [6.07, 6.45) is 3.28. The normalized spacial score (nSPS) is 13.1. The maximum atomic E-state index is 13.5. The monoisotopic (exact) mass is 552 g/mol. The molecule has 8 nitrogen and oxygen atoms in total. The molecule has 41 heavy (non-hydrogen) atoms. The first-order valence-corrected chi connectivity index (χ1v) is 13.9. The summed E-state index contributed by atoms with van der Waals surface area (Å²) in [5, 5.41) is 10.1. The van der Waals surface area contributed by atoms with Crippen LogP contribution in [0.3, 0.4) is 0 Å². The van der Waals surface area contributed by atoms with Gasteiger partial charge in [-0.05, 0) is 74.9 Å². The van der Waals surface area contributed by atoms with Crippen molar-refractivity contribution in [1.82, 2.24) is 4.98 Å². The SMILES string of the molecule is COCCNc1ccc2cc(C(=O)Nc3cc(-c4ccccc4)ccc3NC(=O)OC(C)(C)C)cnc2c1C1CC1. The van der Waals surface area contributed by atoms with Gasteiger partial charge in [-0.25, -0.2) is 4.79 Å². The Hall–Kier alpha value is -4.43. The minimum Gasteiger partial charge on any atom is -0.444 e. The molecule has 0 spiro atoms. The van der Waals surface area contributed by atoms with E-state index < -0.39 is 11.7 Å². The Labute approximate surface area is 240 Å². The van der Waals surface area contributed by atoms with Gasteiger partial charge in [-0.15, -0.1) is 0 Å². The maximum Gasteiger partial charge on any atom is 0.412 e. The van der Waals surface area contributed by atoms with Gasteiger partial charge in [0.05, 0.1) is 29.1 Å². The maximum absolute atomic E-state index is 13.5. The van der Waals surface area contributed by atoms with E-state index in [9.17, 15) is 9.59 Å². The lowest BCUT2D eigenvalue weighted by Gasteiger charge is -2.21. The summed E-state index contributed by atoms with van der Waals surface area (Å²) in [6.45, 7) is 6.73. The van der Waals surface area contributed by atoms with Gasteiger partial charge >= 0.3 is 6.09 Å². The molecule has 1 saturated carbocycles. The van der Waals surface area contributed by atoms with Crippen molar-refractivity contribution in [3.63, 3.8) is 0 Å². The molecule has 1 aliphatic carbocycles. The van der Waals surface area contributed by atoms with Gasteiger partial charge in [-0.1, -0.05) is 42.5 Å². The zero-order chi connectivity index (χ0) is 29.0. The molecule has 1 aliphatic rings. The van der Waals surface area contributed by atoms with Crippen LogP contribution >= 0.6 is 0 Å². The van der Waals surface area contributed by atoms with E-state index in [1.807, 2.05) is 54.6 Å². The molecule has 4 aromatic rings. The highest BCUT2D eigenvalue weighted by atomic mass is 16.6. The Morgan fingerprint density at radius 1 is 0.902 bits per heavy atom. The topological polar surface area (TPSA) is 102 Å². The molecule has 212 valence electrons. The summed E-state index contributed by atoms with van der Waals surface area (Å²) < 4.78 is 10.6. The molecular formula is C33H36N4O4. The van der Waals surface area contributed by atoms with E-state index in [0.717, 1.165) is 40.6 Å². The van der Waals surface area contributed by atoms with E-state index in [2.05, 4.69) is 22.0 Å². The second-order valence-corrected chi connectivity index (χ2v) is 11.2. The summed E-state index contributed by atoms with van der Waals surface area (Å²) in [6, 6.07) is 21.3. The van der Waals surface area contributed by atoms with E-state index >= 15 is 0 Å². The number of pyridine rings is 1. The number of benzene rings is 3. The van der Waals surface area contributed by atoms with E-state index in [4.69, 9.17) is 14.5 Å². The van der Waals surface area contributed by atoms with Gasteiger partial charge in [0.1, 0.15) is 5.60 Å². The number of anilines is 3. The molecular weight excluding hydrogens is 516 g/mol. The van der Waals surface area contributed by atoms with Gasteiger partial charge in [-0.3, -0.25) is 15.1 Å². The van der Waals surface area contributed by atoms with Crippen molar-refractivity contribution in [3.8, 4) is 11.1 Å². The number of hydrogen-bond donors (Lipinski definition) is 3. The number of carbonyl (C=O) groups is 2. The molecule has 0 aliphatic heterocycles. The molecule has 2 amide bonds. The first-order valence-electron chi connectivity index (χ1n) is 13.9. The number of nitrogens with one attached hydrogen (secondary N) is 3. The number of aromatic nitrogens is 1. The van der Waals surface area contributed by atoms with Crippen molar-refractivity contribution in [2.45, 2.75) is 45.1 Å². The highest BCUT2D eigenvalue weighted by molar-refractivity contribution is 6.08. The summed E-state index contributed by atoms with van der Waals surface area (Å²) >= 11 is 0. The Balaban J connectivity index is 1.44. The van der Waals surface area contributed by atoms with E-state index in [1.54, 1.807) is 40.1 Å². The Morgan fingerprint density at radius 2 is 1.66 bits per heavy atom. The van der Waals surface area contributed by atoms with Crippen LogP contribution < -0.4 is 16.0 Å². The largest absolute Gasteiger partial charge is 0.444 e. The number of rotatable bonds is 9. The van der Waals surface area contributed by atoms with E-state index in [1.165, 1.54) is 5.56 Å². The van der Waals surface area contributed by atoms with Crippen LogP contribution in [0.2, 0.25) is 0 Å². The van der Waals surface area contributed by atoms with Crippen molar-refractivity contribution >= 4 is 40.0 Å². The molecule has 1 aromatic heterocycles. The summed E-state index contributed by atoms with van der Waals surface area (Å²) in [7, 11) is 1.69. The predicted octanol–water partition coefficient (Wildman–Crippen LogP) is 7.44. The fraction of sp³-hybridized carbons (Fsp3) is 0.303. The third-order valence-corrected chi connectivity index (χ3v) is 6.77. The molecule has 0 radical (unpaired) electrons. The first-order chi connectivity index (χ1) is 19.7. The molecule has 3 N–H and O–H groups in total. The van der Waals surface area contributed by atoms with E-state index in [0.29, 0.717) is 36.0 Å². The first kappa shape index (κ1) is 28.1. The number of nitrogens with zero attached hydrogens (tertiary/aromatic N) is 1. The second kappa shape index (κ2) is 12.0. The zero-order valence-electron chi connectivity index (χ0n) is 23.9. The number of hydrogen-bond acceptors (Lipinski definition) is 6. The van der Waals surface area contributed by atoms with Crippen LogP contribution in [0.4, 0.5) is 21.9 Å². The highest BCUT2D eigenvalue weighted by Crippen LogP contribution is 2.46. The highest BCUT2D eigenvalue weighted by Gasteiger charge is 2.29. The molecule has 0 saturated heterocycles. The van der Waals surface area contributed by atoms with Crippen LogP contribution in [-0.2, 0) is 9.47 Å². The lowest BCUT2D eigenvalue weighted by atomic mass is 10.0. The van der Waals surface area contributed by atoms with Crippen LogP contribution in [-0.4, -0.2) is 42.8 Å². The average molecular weight is 553 g/mol. The third kappa shape index (κ3) is 7.02. The van der Waals surface area contributed by atoms with Crippen LogP contribution in [0.25, 0.3) is 22.0 Å². The standard InChI is InChI=1S/C33H36N4O4/c1-33(2,3)41-32(39)37-26-14-12-23(21-8-6-5-7-9-21)19-28(26)36-31(38)25-18-24-13-15-27(34-16-17-40-4)29(22-10-11-22)30(24)35-20-25/h5-9,12-15,18-20,22,34H,10-11,16-17H2,1-4H3,(H,36,38)(H,37,39). The smallest absolute Gasteiger partial charge is 0.412 e. The molecule has 3 aromatic carbocycles. The third-order valence-electron chi connectivity index (χ3n) is 6.77. The number of ether oxygens (including phenoxy) is 2. The number of fused-ring (bicyclic) bond motifs is 1. The van der Waals surface area contributed by atoms with Crippen LogP contribution in [0.1, 0.15) is 55.5 Å². The van der Waals surface area contributed by atoms with Crippen LogP contribution in [0.5, 0.6) is 0 Å². The Morgan fingerprint density at radius 3 is 2.37 bits per heavy atom.